The minimum absolute atomic E-state index is 0.00467. The van der Waals surface area contributed by atoms with E-state index < -0.39 is 134 Å². The molecule has 558 valence electrons. The summed E-state index contributed by atoms with van der Waals surface area (Å²) in [5.74, 6) is -11.3. The number of nitrogens with one attached hydrogen (secondary N) is 3. The van der Waals surface area contributed by atoms with Crippen molar-refractivity contribution < 1.29 is 110 Å². The number of amides is 9. The fourth-order valence-electron chi connectivity index (χ4n) is 11.7. The van der Waals surface area contributed by atoms with Crippen molar-refractivity contribution in [2.24, 2.45) is 17.8 Å². The lowest BCUT2D eigenvalue weighted by atomic mass is 10.1. The number of aromatic nitrogens is 3. The molecule has 30 nitrogen and oxygen atoms in total. The molecule has 3 aromatic heterocycles. The summed E-state index contributed by atoms with van der Waals surface area (Å²) in [6, 6.07) is 11.1. The van der Waals surface area contributed by atoms with Crippen molar-refractivity contribution in [2.75, 3.05) is 93.1 Å². The van der Waals surface area contributed by atoms with Crippen LogP contribution in [0.25, 0.3) is 0 Å². The zero-order valence-electron chi connectivity index (χ0n) is 58.0. The number of sulfone groups is 3. The summed E-state index contributed by atoms with van der Waals surface area (Å²) in [6.45, 7) is 5.83. The molecule has 9 amide bonds. The quantitative estimate of drug-likeness (QED) is 0.0434. The molecule has 6 aliphatic rings. The van der Waals surface area contributed by atoms with E-state index in [1.807, 2.05) is 0 Å². The number of hydrogen-bond acceptors (Lipinski definition) is 24. The second-order valence-corrected chi connectivity index (χ2v) is 31.7. The molecule has 12 rings (SSSR count). The Morgan fingerprint density at radius 3 is 0.829 bits per heavy atom. The molecule has 0 spiro atoms. The van der Waals surface area contributed by atoms with E-state index >= 15 is 0 Å². The average molecular weight is 1520 g/mol. The molecule has 6 heterocycles. The van der Waals surface area contributed by atoms with E-state index in [0.29, 0.717) is 53.2 Å². The van der Waals surface area contributed by atoms with Gasteiger partial charge in [-0.2, -0.15) is 0 Å². The smallest absolute Gasteiger partial charge is 0.265 e. The van der Waals surface area contributed by atoms with Crippen LogP contribution in [-0.4, -0.2) is 185 Å². The number of carbonyl (C=O) groups excluding carboxylic acids is 9. The fourth-order valence-corrected chi connectivity index (χ4v) is 14.4. The van der Waals surface area contributed by atoms with Gasteiger partial charge >= 0.3 is 0 Å². The molecule has 3 fully saturated rings. The third-order valence-electron chi connectivity index (χ3n) is 17.1. The maximum absolute atomic E-state index is 14.8. The van der Waals surface area contributed by atoms with Gasteiger partial charge in [0.05, 0.1) is 144 Å². The number of rotatable bonds is 27. The highest BCUT2D eigenvalue weighted by atomic mass is 32.2. The van der Waals surface area contributed by atoms with Gasteiger partial charge in [-0.3, -0.25) is 57.9 Å². The van der Waals surface area contributed by atoms with E-state index in [0.717, 1.165) is 37.0 Å². The SMILES string of the molecule is CCOc1nc(C(CS(C)(=O)=O)N2C(=O)c3c(F)ccc(NC(=O)C4CC4)c3C2=O)ccc1OC.CCOc1nc([C@@H](CS(C)(=O)=O)N2C(=O)c3c(F)ccc(NC(=O)C4CC4)c3C2=O)ccc1OC.CCOc1nc([C@H](CS(C)(=O)=O)N2C(=O)c3c(F)ccc(NC(=O)C4CC4)c3C2=O)ccc1OC. The van der Waals surface area contributed by atoms with Crippen molar-refractivity contribution in [2.45, 2.75) is 77.4 Å². The van der Waals surface area contributed by atoms with Crippen LogP contribution >= 0.6 is 0 Å². The molecule has 3 aromatic carbocycles. The predicted molar refractivity (Wildman–Crippen MR) is 368 cm³/mol. The normalized spacial score (nSPS) is 16.2. The molecule has 3 aliphatic heterocycles. The van der Waals surface area contributed by atoms with Crippen molar-refractivity contribution in [1.29, 1.82) is 0 Å². The summed E-state index contributed by atoms with van der Waals surface area (Å²) in [6.07, 6.45) is 7.08. The summed E-state index contributed by atoms with van der Waals surface area (Å²) in [7, 11) is -7.04. The van der Waals surface area contributed by atoms with Gasteiger partial charge in [-0.25, -0.2) is 53.4 Å². The Kier molecular flexibility index (Phi) is 22.7. The molecule has 3 N–H and O–H groups in total. The first kappa shape index (κ1) is 77.0. The Labute approximate surface area is 600 Å². The van der Waals surface area contributed by atoms with Crippen LogP contribution in [0.2, 0.25) is 0 Å². The maximum Gasteiger partial charge on any atom is 0.265 e. The molecule has 0 bridgehead atoms. The van der Waals surface area contributed by atoms with Gasteiger partial charge < -0.3 is 44.4 Å². The molecule has 1 unspecified atom stereocenters. The first-order valence-corrected chi connectivity index (χ1v) is 38.9. The Morgan fingerprint density at radius 2 is 0.629 bits per heavy atom. The first-order valence-electron chi connectivity index (χ1n) is 32.8. The number of benzene rings is 3. The lowest BCUT2D eigenvalue weighted by Gasteiger charge is -2.26. The second kappa shape index (κ2) is 31.0. The summed E-state index contributed by atoms with van der Waals surface area (Å²) >= 11 is 0. The summed E-state index contributed by atoms with van der Waals surface area (Å²) in [5, 5.41) is 7.79. The molecular formula is C69H72F3N9O21S3. The monoisotopic (exact) mass is 1520 g/mol. The van der Waals surface area contributed by atoms with E-state index in [2.05, 4.69) is 30.9 Å². The van der Waals surface area contributed by atoms with Crippen LogP contribution < -0.4 is 44.4 Å². The van der Waals surface area contributed by atoms with Crippen molar-refractivity contribution in [1.82, 2.24) is 29.7 Å². The van der Waals surface area contributed by atoms with E-state index in [-0.39, 0.29) is 141 Å². The van der Waals surface area contributed by atoms with Gasteiger partial charge in [0.25, 0.3) is 53.1 Å². The molecule has 0 radical (unpaired) electrons. The third-order valence-corrected chi connectivity index (χ3v) is 19.8. The number of anilines is 3. The number of nitrogens with zero attached hydrogens (tertiary/aromatic N) is 6. The van der Waals surface area contributed by atoms with Gasteiger partial charge in [-0.1, -0.05) is 0 Å². The third kappa shape index (κ3) is 17.0. The van der Waals surface area contributed by atoms with Crippen LogP contribution in [0.5, 0.6) is 34.9 Å². The largest absolute Gasteiger partial charge is 0.491 e. The molecule has 3 saturated carbocycles. The van der Waals surface area contributed by atoms with Gasteiger partial charge in [0.2, 0.25) is 17.7 Å². The lowest BCUT2D eigenvalue weighted by Crippen LogP contribution is -2.38. The highest BCUT2D eigenvalue weighted by molar-refractivity contribution is 7.91. The number of halogens is 3. The number of carbonyl (C=O) groups is 9. The zero-order chi connectivity index (χ0) is 76.5. The average Bonchev–Trinajstić information content (AvgIpc) is 1.59. The van der Waals surface area contributed by atoms with E-state index in [9.17, 15) is 81.6 Å². The number of fused-ring (bicyclic) bond motifs is 3. The standard InChI is InChI=1S/3C23H24FN3O7S/c3*1-4-34-21-17(33-2)10-9-14(26-21)16(11-35(3,31)32)27-22(29)18-13(24)7-8-15(19(18)23(27)30)25-20(28)12-5-6-12/h3*7-10,12,16H,4-6,11H2,1-3H3,(H,25,28)/t2*16-;/m10./s1. The van der Waals surface area contributed by atoms with E-state index in [4.69, 9.17) is 28.4 Å². The van der Waals surface area contributed by atoms with Crippen LogP contribution in [0, 0.1) is 35.2 Å². The Bertz CT molecular complexity index is 4460. The Morgan fingerprint density at radius 1 is 0.400 bits per heavy atom. The summed E-state index contributed by atoms with van der Waals surface area (Å²) in [5.41, 5.74) is -2.43. The fraction of sp³-hybridized carbons (Fsp3) is 0.391. The van der Waals surface area contributed by atoms with E-state index in [1.54, 1.807) is 20.8 Å². The second-order valence-electron chi connectivity index (χ2n) is 25.1. The molecule has 3 atom stereocenters. The Balaban J connectivity index is 0.000000169. The zero-order valence-corrected chi connectivity index (χ0v) is 60.4. The minimum Gasteiger partial charge on any atom is -0.491 e. The molecule has 6 aromatic rings. The van der Waals surface area contributed by atoms with Gasteiger partial charge in [0.1, 0.15) is 47.0 Å². The van der Waals surface area contributed by atoms with E-state index in [1.165, 1.54) is 75.9 Å². The molecule has 3 aliphatic carbocycles. The molecule has 36 heteroatoms. The number of pyridine rings is 3. The number of hydrogen-bond donors (Lipinski definition) is 3. The van der Waals surface area contributed by atoms with Crippen LogP contribution in [0.4, 0.5) is 30.2 Å². The minimum atomic E-state index is -3.75. The van der Waals surface area contributed by atoms with Gasteiger partial charge in [0, 0.05) is 36.5 Å². The van der Waals surface area contributed by atoms with Crippen molar-refractivity contribution in [3.63, 3.8) is 0 Å². The van der Waals surface area contributed by atoms with Crippen molar-refractivity contribution in [3.05, 3.63) is 141 Å². The van der Waals surface area contributed by atoms with Crippen LogP contribution in [0.3, 0.4) is 0 Å². The van der Waals surface area contributed by atoms with Gasteiger partial charge in [-0.05, 0) is 132 Å². The topological polar surface area (TPSA) is 396 Å². The highest BCUT2D eigenvalue weighted by Gasteiger charge is 2.50. The first-order chi connectivity index (χ1) is 49.7. The van der Waals surface area contributed by atoms with Gasteiger partial charge in [0.15, 0.2) is 17.2 Å². The van der Waals surface area contributed by atoms with Crippen LogP contribution in [-0.2, 0) is 43.9 Å². The number of methoxy groups -OCH3 is 3. The van der Waals surface area contributed by atoms with Crippen molar-refractivity contribution >= 4 is 99.7 Å². The lowest BCUT2D eigenvalue weighted by molar-refractivity contribution is -0.118. The predicted octanol–water partition coefficient (Wildman–Crippen LogP) is 7.08. The number of ether oxygens (including phenoxy) is 6. The molecule has 0 saturated heterocycles. The van der Waals surface area contributed by atoms with Crippen LogP contribution in [0.15, 0.2) is 72.8 Å². The highest BCUT2D eigenvalue weighted by Crippen LogP contribution is 2.44. The molecular weight excluding hydrogens is 1440 g/mol. The van der Waals surface area contributed by atoms with Crippen molar-refractivity contribution in [3.8, 4) is 34.9 Å². The Hall–Kier alpha value is -10.6. The van der Waals surface area contributed by atoms with Crippen LogP contribution in [0.1, 0.15) is 157 Å². The number of imide groups is 3. The maximum atomic E-state index is 14.8. The molecule has 105 heavy (non-hydrogen) atoms. The summed E-state index contributed by atoms with van der Waals surface area (Å²) in [4.78, 5) is 132. The summed E-state index contributed by atoms with van der Waals surface area (Å²) < 4.78 is 150. The van der Waals surface area contributed by atoms with Gasteiger partial charge in [-0.15, -0.1) is 0 Å².